The molecule has 0 bridgehead atoms. The fraction of sp³-hybridized carbons (Fsp3) is 0.636. The second kappa shape index (κ2) is 6.26. The molecule has 3 nitrogen and oxygen atoms in total. The second-order valence-corrected chi connectivity index (χ2v) is 9.23. The van der Waals surface area contributed by atoms with Crippen LogP contribution in [0.2, 0.25) is 0 Å². The van der Waals surface area contributed by atoms with E-state index in [1.54, 1.807) is 0 Å². The smallest absolute Gasteiger partial charge is 0.307 e. The molecule has 1 aromatic rings. The number of fused-ring (bicyclic) bond motifs is 1. The highest BCUT2D eigenvalue weighted by atomic mass is 16.4. The first-order valence-corrected chi connectivity index (χ1v) is 9.55. The van der Waals surface area contributed by atoms with Gasteiger partial charge in [0.1, 0.15) is 0 Å². The monoisotopic (exact) mass is 342 g/mol. The quantitative estimate of drug-likeness (QED) is 0.777. The van der Waals surface area contributed by atoms with E-state index in [9.17, 15) is 14.7 Å². The molecule has 25 heavy (non-hydrogen) atoms. The average molecular weight is 342 g/mol. The molecule has 0 saturated heterocycles. The van der Waals surface area contributed by atoms with Crippen molar-refractivity contribution in [2.45, 2.75) is 77.0 Å². The number of carboxylic acid groups (broad SMARTS) is 1. The van der Waals surface area contributed by atoms with Gasteiger partial charge in [0.15, 0.2) is 5.78 Å². The Labute approximate surface area is 150 Å². The molecule has 2 atom stereocenters. The Morgan fingerprint density at radius 3 is 2.08 bits per heavy atom. The Hall–Kier alpha value is -1.64. The molecule has 0 heterocycles. The Morgan fingerprint density at radius 2 is 1.48 bits per heavy atom. The fourth-order valence-corrected chi connectivity index (χ4v) is 4.70. The Morgan fingerprint density at radius 1 is 0.920 bits per heavy atom. The number of benzene rings is 1. The minimum atomic E-state index is -0.822. The van der Waals surface area contributed by atoms with E-state index in [4.69, 9.17) is 0 Å². The van der Waals surface area contributed by atoms with E-state index in [-0.39, 0.29) is 22.5 Å². The average Bonchev–Trinajstić information content (AvgIpc) is 2.58. The highest BCUT2D eigenvalue weighted by Gasteiger charge is 2.39. The summed E-state index contributed by atoms with van der Waals surface area (Å²) in [5, 5.41) is 9.50. The Bertz CT molecular complexity index is 699. The van der Waals surface area contributed by atoms with Crippen LogP contribution in [0.25, 0.3) is 0 Å². The minimum Gasteiger partial charge on any atom is -0.481 e. The van der Waals surface area contributed by atoms with Crippen LogP contribution in [0.5, 0.6) is 0 Å². The molecule has 1 fully saturated rings. The van der Waals surface area contributed by atoms with Gasteiger partial charge in [-0.2, -0.15) is 0 Å². The zero-order valence-electron chi connectivity index (χ0n) is 15.9. The van der Waals surface area contributed by atoms with E-state index in [2.05, 4.69) is 39.8 Å². The van der Waals surface area contributed by atoms with Gasteiger partial charge in [0.25, 0.3) is 0 Å². The van der Waals surface area contributed by atoms with Crippen LogP contribution in [0.4, 0.5) is 0 Å². The van der Waals surface area contributed by atoms with Crippen LogP contribution in [0.1, 0.15) is 87.7 Å². The molecule has 1 N–H and O–H groups in total. The van der Waals surface area contributed by atoms with E-state index in [1.165, 1.54) is 11.1 Å². The molecule has 1 aromatic carbocycles. The topological polar surface area (TPSA) is 54.4 Å². The lowest BCUT2D eigenvalue weighted by Crippen LogP contribution is -2.35. The van der Waals surface area contributed by atoms with Gasteiger partial charge in [0, 0.05) is 11.5 Å². The zero-order valence-corrected chi connectivity index (χ0v) is 15.9. The highest BCUT2D eigenvalue weighted by Crippen LogP contribution is 2.46. The van der Waals surface area contributed by atoms with Crippen LogP contribution in [-0.2, 0) is 15.6 Å². The zero-order chi connectivity index (χ0) is 18.4. The molecular formula is C22H30O3. The summed E-state index contributed by atoms with van der Waals surface area (Å²) in [5.74, 6) is -1.70. The van der Waals surface area contributed by atoms with E-state index < -0.39 is 11.9 Å². The number of carboxylic acids is 1. The molecule has 2 aliphatic rings. The Kier molecular flexibility index (Phi) is 4.55. The van der Waals surface area contributed by atoms with Gasteiger partial charge in [-0.1, -0.05) is 52.7 Å². The van der Waals surface area contributed by atoms with Gasteiger partial charge in [0.05, 0.1) is 5.92 Å². The van der Waals surface area contributed by atoms with Crippen LogP contribution in [-0.4, -0.2) is 16.9 Å². The summed E-state index contributed by atoms with van der Waals surface area (Å²) in [4.78, 5) is 24.7. The minimum absolute atomic E-state index is 0.0223. The van der Waals surface area contributed by atoms with Crippen molar-refractivity contribution in [3.8, 4) is 0 Å². The van der Waals surface area contributed by atoms with E-state index in [0.29, 0.717) is 18.4 Å². The van der Waals surface area contributed by atoms with Crippen molar-refractivity contribution in [1.29, 1.82) is 0 Å². The predicted octanol–water partition coefficient (Wildman–Crippen LogP) is 5.11. The normalized spacial score (nSPS) is 27.4. The SMILES string of the molecule is CC1(C)CCC(C)(C)c2cc(C(=O)C3CCCCC3C(=O)O)ccc21. The van der Waals surface area contributed by atoms with Crippen molar-refractivity contribution in [3.05, 3.63) is 34.9 Å². The summed E-state index contributed by atoms with van der Waals surface area (Å²) < 4.78 is 0. The molecule has 3 heteroatoms. The highest BCUT2D eigenvalue weighted by molar-refractivity contribution is 6.00. The number of carbonyl (C=O) groups excluding carboxylic acids is 1. The van der Waals surface area contributed by atoms with Crippen LogP contribution in [0.3, 0.4) is 0 Å². The van der Waals surface area contributed by atoms with Gasteiger partial charge in [-0.05, 0) is 53.7 Å². The third-order valence-corrected chi connectivity index (χ3v) is 6.56. The molecule has 3 rings (SSSR count). The van der Waals surface area contributed by atoms with Crippen LogP contribution < -0.4 is 0 Å². The lowest BCUT2D eigenvalue weighted by atomic mass is 9.62. The lowest BCUT2D eigenvalue weighted by molar-refractivity contribution is -0.144. The number of rotatable bonds is 3. The number of aliphatic carboxylic acids is 1. The number of ketones is 1. The maximum atomic E-state index is 13.1. The molecule has 0 aliphatic heterocycles. The lowest BCUT2D eigenvalue weighted by Gasteiger charge is -2.42. The van der Waals surface area contributed by atoms with E-state index in [0.717, 1.165) is 25.7 Å². The summed E-state index contributed by atoms with van der Waals surface area (Å²) >= 11 is 0. The van der Waals surface area contributed by atoms with Crippen molar-refractivity contribution in [2.24, 2.45) is 11.8 Å². The maximum absolute atomic E-state index is 13.1. The van der Waals surface area contributed by atoms with Gasteiger partial charge < -0.3 is 5.11 Å². The first-order valence-electron chi connectivity index (χ1n) is 9.55. The summed E-state index contributed by atoms with van der Waals surface area (Å²) in [5.41, 5.74) is 3.47. The molecule has 0 aromatic heterocycles. The second-order valence-electron chi connectivity index (χ2n) is 9.23. The van der Waals surface area contributed by atoms with E-state index in [1.807, 2.05) is 6.07 Å². The van der Waals surface area contributed by atoms with Crippen LogP contribution in [0, 0.1) is 11.8 Å². The maximum Gasteiger partial charge on any atom is 0.307 e. The molecular weight excluding hydrogens is 312 g/mol. The summed E-state index contributed by atoms with van der Waals surface area (Å²) in [7, 11) is 0. The van der Waals surface area contributed by atoms with Crippen molar-refractivity contribution >= 4 is 11.8 Å². The van der Waals surface area contributed by atoms with Crippen LogP contribution >= 0.6 is 0 Å². The predicted molar refractivity (Wildman–Crippen MR) is 99.1 cm³/mol. The van der Waals surface area contributed by atoms with Crippen molar-refractivity contribution < 1.29 is 14.7 Å². The molecule has 2 aliphatic carbocycles. The fourth-order valence-electron chi connectivity index (χ4n) is 4.70. The molecule has 0 radical (unpaired) electrons. The number of Topliss-reactive ketones (excluding diaryl/α,β-unsaturated/α-hetero) is 1. The third-order valence-electron chi connectivity index (χ3n) is 6.56. The summed E-state index contributed by atoms with van der Waals surface area (Å²) in [6.07, 6.45) is 5.42. The van der Waals surface area contributed by atoms with Crippen molar-refractivity contribution in [2.75, 3.05) is 0 Å². The first-order chi connectivity index (χ1) is 11.6. The molecule has 0 spiro atoms. The van der Waals surface area contributed by atoms with Gasteiger partial charge in [-0.15, -0.1) is 0 Å². The third kappa shape index (κ3) is 3.26. The van der Waals surface area contributed by atoms with Gasteiger partial charge in [-0.3, -0.25) is 9.59 Å². The number of hydrogen-bond acceptors (Lipinski definition) is 2. The van der Waals surface area contributed by atoms with Crippen molar-refractivity contribution in [3.63, 3.8) is 0 Å². The van der Waals surface area contributed by atoms with Gasteiger partial charge >= 0.3 is 5.97 Å². The van der Waals surface area contributed by atoms with Gasteiger partial charge in [-0.25, -0.2) is 0 Å². The standard InChI is InChI=1S/C22H30O3/c1-21(2)11-12-22(3,4)18-13-14(9-10-17(18)21)19(23)15-7-5-6-8-16(15)20(24)25/h9-10,13,15-16H,5-8,11-12H2,1-4H3,(H,24,25). The first kappa shape index (κ1) is 18.2. The van der Waals surface area contributed by atoms with Crippen LogP contribution in [0.15, 0.2) is 18.2 Å². The summed E-state index contributed by atoms with van der Waals surface area (Å²) in [6.45, 7) is 9.03. The van der Waals surface area contributed by atoms with Crippen molar-refractivity contribution in [1.82, 2.24) is 0 Å². The molecule has 1 saturated carbocycles. The number of hydrogen-bond donors (Lipinski definition) is 1. The Balaban J connectivity index is 1.98. The molecule has 2 unspecified atom stereocenters. The largest absolute Gasteiger partial charge is 0.481 e. The van der Waals surface area contributed by atoms with E-state index >= 15 is 0 Å². The van der Waals surface area contributed by atoms with Gasteiger partial charge in [0.2, 0.25) is 0 Å². The molecule has 136 valence electrons. The number of carbonyl (C=O) groups is 2. The summed E-state index contributed by atoms with van der Waals surface area (Å²) in [6, 6.07) is 6.10. The molecule has 0 amide bonds.